The molecule has 0 bridgehead atoms. The van der Waals surface area contributed by atoms with E-state index in [1.807, 2.05) is 11.0 Å². The van der Waals surface area contributed by atoms with Gasteiger partial charge in [-0.3, -0.25) is 9.79 Å². The van der Waals surface area contributed by atoms with Crippen LogP contribution in [0.2, 0.25) is 0 Å². The molecule has 1 amide bonds. The van der Waals surface area contributed by atoms with Crippen LogP contribution in [-0.2, 0) is 11.2 Å². The average molecular weight is 509 g/mol. The topological polar surface area (TPSA) is 80.5 Å². The molecule has 0 aromatic heterocycles. The molecule has 2 fully saturated rings. The summed E-state index contributed by atoms with van der Waals surface area (Å²) in [5.74, 6) is 1.40. The van der Waals surface area contributed by atoms with Crippen molar-refractivity contribution in [3.63, 3.8) is 0 Å². The molecule has 2 aliphatic rings. The minimum absolute atomic E-state index is 0. The highest BCUT2D eigenvalue weighted by atomic mass is 127. The summed E-state index contributed by atoms with van der Waals surface area (Å²) < 4.78 is 0. The first-order valence-electron chi connectivity index (χ1n) is 10.4. The fraction of sp³-hybridized carbons (Fsp3) is 0.591. The summed E-state index contributed by atoms with van der Waals surface area (Å²) in [5.41, 5.74) is 1.38. The molecule has 6 nitrogen and oxygen atoms in total. The number of aliphatic imine (C=N–C) groups is 1. The Balaban J connectivity index is 0.00000300. The Bertz CT molecular complexity index is 710. The normalized spacial score (nSPS) is 22.5. The van der Waals surface area contributed by atoms with Gasteiger partial charge in [0, 0.05) is 26.2 Å². The van der Waals surface area contributed by atoms with Gasteiger partial charge in [-0.25, -0.2) is 0 Å². The number of likely N-dealkylation sites (tertiary alicyclic amines) is 1. The molecule has 158 valence electrons. The standard InChI is InChI=1S/C22H31N5O.HI/c1-24-22(26-20-9-5-8-19(20)15-23)25-16-21(28)27-12-10-18(11-13-27)14-17-6-3-2-4-7-17;/h2-4,6-7,18-20H,5,8-14,16H2,1H3,(H2,24,25,26);1H. The van der Waals surface area contributed by atoms with Gasteiger partial charge in [0.05, 0.1) is 18.5 Å². The molecule has 0 spiro atoms. The number of nitriles is 1. The molecule has 7 heteroatoms. The van der Waals surface area contributed by atoms with Crippen LogP contribution < -0.4 is 10.6 Å². The third-order valence-electron chi connectivity index (χ3n) is 5.97. The molecular formula is C22H32IN5O. The van der Waals surface area contributed by atoms with Gasteiger partial charge in [-0.1, -0.05) is 30.3 Å². The Morgan fingerprint density at radius 2 is 1.93 bits per heavy atom. The number of nitrogens with zero attached hydrogens (tertiary/aromatic N) is 3. The molecule has 0 radical (unpaired) electrons. The first-order valence-corrected chi connectivity index (χ1v) is 10.4. The summed E-state index contributed by atoms with van der Waals surface area (Å²) in [7, 11) is 1.70. The lowest BCUT2D eigenvalue weighted by Crippen LogP contribution is -2.49. The zero-order chi connectivity index (χ0) is 19.8. The number of amides is 1. The number of halogens is 1. The third kappa shape index (κ3) is 6.88. The van der Waals surface area contributed by atoms with E-state index in [1.54, 1.807) is 7.05 Å². The van der Waals surface area contributed by atoms with Crippen molar-refractivity contribution >= 4 is 35.8 Å². The minimum Gasteiger partial charge on any atom is -0.352 e. The lowest BCUT2D eigenvalue weighted by Gasteiger charge is -2.32. The van der Waals surface area contributed by atoms with E-state index in [0.29, 0.717) is 11.9 Å². The van der Waals surface area contributed by atoms with Gasteiger partial charge < -0.3 is 15.5 Å². The maximum atomic E-state index is 12.6. The van der Waals surface area contributed by atoms with Gasteiger partial charge in [0.2, 0.25) is 5.91 Å². The molecule has 2 atom stereocenters. The predicted molar refractivity (Wildman–Crippen MR) is 126 cm³/mol. The van der Waals surface area contributed by atoms with Crippen molar-refractivity contribution in [2.75, 3.05) is 26.7 Å². The highest BCUT2D eigenvalue weighted by molar-refractivity contribution is 14.0. The van der Waals surface area contributed by atoms with Crippen molar-refractivity contribution in [3.8, 4) is 6.07 Å². The number of hydrogen-bond acceptors (Lipinski definition) is 3. The molecule has 1 heterocycles. The van der Waals surface area contributed by atoms with Crippen molar-refractivity contribution < 1.29 is 4.79 Å². The van der Waals surface area contributed by atoms with E-state index in [0.717, 1.165) is 51.6 Å². The molecule has 1 saturated carbocycles. The van der Waals surface area contributed by atoms with E-state index in [-0.39, 0.29) is 48.4 Å². The Morgan fingerprint density at radius 3 is 2.59 bits per heavy atom. The monoisotopic (exact) mass is 509 g/mol. The summed E-state index contributed by atoms with van der Waals surface area (Å²) in [6, 6.07) is 13.1. The van der Waals surface area contributed by atoms with Gasteiger partial charge in [-0.15, -0.1) is 24.0 Å². The van der Waals surface area contributed by atoms with E-state index in [4.69, 9.17) is 0 Å². The van der Waals surface area contributed by atoms with E-state index < -0.39 is 0 Å². The Hall–Kier alpha value is -1.82. The number of carbonyl (C=O) groups is 1. The van der Waals surface area contributed by atoms with Gasteiger partial charge in [0.1, 0.15) is 0 Å². The Labute approximate surface area is 191 Å². The van der Waals surface area contributed by atoms with Crippen LogP contribution in [-0.4, -0.2) is 49.5 Å². The highest BCUT2D eigenvalue weighted by Gasteiger charge is 2.28. The maximum absolute atomic E-state index is 12.6. The molecule has 1 saturated heterocycles. The first-order chi connectivity index (χ1) is 13.7. The predicted octanol–water partition coefficient (Wildman–Crippen LogP) is 2.94. The molecule has 2 N–H and O–H groups in total. The summed E-state index contributed by atoms with van der Waals surface area (Å²) in [4.78, 5) is 18.7. The summed E-state index contributed by atoms with van der Waals surface area (Å²) in [6.45, 7) is 1.89. The number of carbonyl (C=O) groups excluding carboxylic acids is 1. The molecule has 2 unspecified atom stereocenters. The second kappa shape index (κ2) is 12.0. The van der Waals surface area contributed by atoms with Crippen molar-refractivity contribution in [2.45, 2.75) is 44.6 Å². The summed E-state index contributed by atoms with van der Waals surface area (Å²) >= 11 is 0. The van der Waals surface area contributed by atoms with Crippen LogP contribution in [0.4, 0.5) is 0 Å². The van der Waals surface area contributed by atoms with E-state index >= 15 is 0 Å². The summed E-state index contributed by atoms with van der Waals surface area (Å²) in [6.07, 6.45) is 6.17. The van der Waals surface area contributed by atoms with Crippen LogP contribution in [0, 0.1) is 23.2 Å². The SMILES string of the molecule is CN=C(NCC(=O)N1CCC(Cc2ccccc2)CC1)NC1CCCC1C#N.I. The zero-order valence-corrected chi connectivity index (χ0v) is 19.5. The van der Waals surface area contributed by atoms with E-state index in [2.05, 4.69) is 46.0 Å². The van der Waals surface area contributed by atoms with Crippen molar-refractivity contribution in [2.24, 2.45) is 16.8 Å². The fourth-order valence-corrected chi connectivity index (χ4v) is 4.26. The van der Waals surface area contributed by atoms with Crippen LogP contribution in [0.15, 0.2) is 35.3 Å². The van der Waals surface area contributed by atoms with Crippen LogP contribution in [0.25, 0.3) is 0 Å². The van der Waals surface area contributed by atoms with E-state index in [9.17, 15) is 10.1 Å². The van der Waals surface area contributed by atoms with Crippen molar-refractivity contribution in [1.82, 2.24) is 15.5 Å². The quantitative estimate of drug-likeness (QED) is 0.364. The first kappa shape index (κ1) is 23.5. The van der Waals surface area contributed by atoms with Gasteiger partial charge in [0.15, 0.2) is 5.96 Å². The lowest BCUT2D eigenvalue weighted by atomic mass is 9.90. The second-order valence-corrected chi connectivity index (χ2v) is 7.86. The van der Waals surface area contributed by atoms with Gasteiger partial charge in [-0.05, 0) is 50.0 Å². The highest BCUT2D eigenvalue weighted by Crippen LogP contribution is 2.24. The smallest absolute Gasteiger partial charge is 0.241 e. The Morgan fingerprint density at radius 1 is 1.21 bits per heavy atom. The largest absolute Gasteiger partial charge is 0.352 e. The Kier molecular flexibility index (Phi) is 9.71. The van der Waals surface area contributed by atoms with E-state index in [1.165, 1.54) is 5.56 Å². The number of nitrogens with one attached hydrogen (secondary N) is 2. The fourth-order valence-electron chi connectivity index (χ4n) is 4.26. The van der Waals surface area contributed by atoms with Crippen LogP contribution >= 0.6 is 24.0 Å². The number of rotatable bonds is 5. The number of benzene rings is 1. The third-order valence-corrected chi connectivity index (χ3v) is 5.97. The number of piperidine rings is 1. The molecular weight excluding hydrogens is 477 g/mol. The molecule has 1 aromatic rings. The maximum Gasteiger partial charge on any atom is 0.241 e. The molecule has 1 aliphatic carbocycles. The average Bonchev–Trinajstić information content (AvgIpc) is 3.19. The van der Waals surface area contributed by atoms with Crippen LogP contribution in [0.1, 0.15) is 37.7 Å². The minimum atomic E-state index is 0. The van der Waals surface area contributed by atoms with Crippen LogP contribution in [0.5, 0.6) is 0 Å². The van der Waals surface area contributed by atoms with Crippen LogP contribution in [0.3, 0.4) is 0 Å². The van der Waals surface area contributed by atoms with Crippen molar-refractivity contribution in [1.29, 1.82) is 5.26 Å². The molecule has 1 aliphatic heterocycles. The lowest BCUT2D eigenvalue weighted by molar-refractivity contribution is -0.131. The van der Waals surface area contributed by atoms with Gasteiger partial charge >= 0.3 is 0 Å². The zero-order valence-electron chi connectivity index (χ0n) is 17.1. The molecule has 1 aromatic carbocycles. The second-order valence-electron chi connectivity index (χ2n) is 7.86. The summed E-state index contributed by atoms with van der Waals surface area (Å²) in [5, 5.41) is 15.6. The number of hydrogen-bond donors (Lipinski definition) is 2. The molecule has 29 heavy (non-hydrogen) atoms. The molecule has 3 rings (SSSR count). The number of guanidine groups is 1. The van der Waals surface area contributed by atoms with Gasteiger partial charge in [0.25, 0.3) is 0 Å². The van der Waals surface area contributed by atoms with Gasteiger partial charge in [-0.2, -0.15) is 5.26 Å². The van der Waals surface area contributed by atoms with Crippen molar-refractivity contribution in [3.05, 3.63) is 35.9 Å².